The molecule has 2 aliphatic rings. The topological polar surface area (TPSA) is 123 Å². The lowest BCUT2D eigenvalue weighted by Gasteiger charge is -2.26. The highest BCUT2D eigenvalue weighted by atomic mass is 16.5. The average Bonchev–Trinajstić information content (AvgIpc) is 3.38. The SMILES string of the molecule is CCn1cc(NC(=O)[C@@H]2[C@@H](C(=O)O)[C@H]3CC[C@@H]2C3=C(C)C)c(C(=O)NCCOC)n1. The Kier molecular flexibility index (Phi) is 6.60. The summed E-state index contributed by atoms with van der Waals surface area (Å²) < 4.78 is 6.51. The summed E-state index contributed by atoms with van der Waals surface area (Å²) in [6.07, 6.45) is 3.21. The molecule has 1 heterocycles. The predicted octanol–water partition coefficient (Wildman–Crippen LogP) is 1.91. The van der Waals surface area contributed by atoms with Gasteiger partial charge in [0.2, 0.25) is 5.91 Å². The van der Waals surface area contributed by atoms with Crippen molar-refractivity contribution in [2.75, 3.05) is 25.6 Å². The van der Waals surface area contributed by atoms with Crippen molar-refractivity contribution in [1.29, 1.82) is 0 Å². The van der Waals surface area contributed by atoms with Crippen LogP contribution in [0.15, 0.2) is 17.3 Å². The quantitative estimate of drug-likeness (QED) is 0.438. The molecule has 2 aliphatic carbocycles. The van der Waals surface area contributed by atoms with Crippen LogP contribution in [0, 0.1) is 23.7 Å². The number of carbonyl (C=O) groups is 3. The van der Waals surface area contributed by atoms with Crippen molar-refractivity contribution in [1.82, 2.24) is 15.1 Å². The first-order chi connectivity index (χ1) is 14.3. The first-order valence-electron chi connectivity index (χ1n) is 10.4. The zero-order valence-corrected chi connectivity index (χ0v) is 17.9. The Morgan fingerprint density at radius 1 is 1.23 bits per heavy atom. The first kappa shape index (κ1) is 22.0. The molecule has 2 bridgehead atoms. The minimum Gasteiger partial charge on any atom is -0.481 e. The Labute approximate surface area is 175 Å². The van der Waals surface area contributed by atoms with E-state index in [9.17, 15) is 19.5 Å². The molecule has 0 radical (unpaired) electrons. The number of ether oxygens (including phenoxy) is 1. The smallest absolute Gasteiger partial charge is 0.307 e. The number of rotatable bonds is 8. The van der Waals surface area contributed by atoms with Gasteiger partial charge in [-0.3, -0.25) is 19.1 Å². The van der Waals surface area contributed by atoms with Crippen molar-refractivity contribution < 1.29 is 24.2 Å². The standard InChI is InChI=1S/C21H30N4O5/c1-5-25-10-14(18(24-25)20(27)22-8-9-30-4)23-19(26)16-12-6-7-13(15(12)11(2)3)17(16)21(28)29/h10,12-13,16-17H,5-9H2,1-4H3,(H,22,27)(H,23,26)(H,28,29)/t12-,13+,16+,17+/m1/s1. The van der Waals surface area contributed by atoms with Gasteiger partial charge < -0.3 is 20.5 Å². The molecule has 1 aromatic rings. The lowest BCUT2D eigenvalue weighted by atomic mass is 9.78. The summed E-state index contributed by atoms with van der Waals surface area (Å²) >= 11 is 0. The third-order valence-electron chi connectivity index (χ3n) is 6.16. The van der Waals surface area contributed by atoms with Gasteiger partial charge in [-0.25, -0.2) is 0 Å². The molecular formula is C21H30N4O5. The van der Waals surface area contributed by atoms with Gasteiger partial charge in [-0.2, -0.15) is 5.10 Å². The number of hydrogen-bond donors (Lipinski definition) is 3. The van der Waals surface area contributed by atoms with E-state index in [1.54, 1.807) is 18.0 Å². The highest BCUT2D eigenvalue weighted by molar-refractivity contribution is 6.03. The zero-order chi connectivity index (χ0) is 22.0. The number of anilines is 1. The van der Waals surface area contributed by atoms with Crippen LogP contribution in [0.2, 0.25) is 0 Å². The Balaban J connectivity index is 1.85. The molecule has 2 saturated carbocycles. The third-order valence-corrected chi connectivity index (χ3v) is 6.16. The van der Waals surface area contributed by atoms with Crippen LogP contribution in [-0.4, -0.2) is 52.9 Å². The van der Waals surface area contributed by atoms with Crippen LogP contribution in [0.25, 0.3) is 0 Å². The number of carboxylic acids is 1. The molecule has 2 amide bonds. The summed E-state index contributed by atoms with van der Waals surface area (Å²) in [7, 11) is 1.54. The number of aryl methyl sites for hydroxylation is 1. The van der Waals surface area contributed by atoms with Crippen molar-refractivity contribution >= 4 is 23.5 Å². The van der Waals surface area contributed by atoms with Gasteiger partial charge in [-0.1, -0.05) is 11.1 Å². The van der Waals surface area contributed by atoms with Crippen LogP contribution in [0.3, 0.4) is 0 Å². The second-order valence-electron chi connectivity index (χ2n) is 8.12. The molecule has 3 rings (SSSR count). The van der Waals surface area contributed by atoms with E-state index >= 15 is 0 Å². The maximum Gasteiger partial charge on any atom is 0.307 e. The van der Waals surface area contributed by atoms with Crippen LogP contribution in [0.5, 0.6) is 0 Å². The number of carbonyl (C=O) groups excluding carboxylic acids is 2. The van der Waals surface area contributed by atoms with Crippen molar-refractivity contribution in [3.8, 4) is 0 Å². The molecular weight excluding hydrogens is 388 g/mol. The molecule has 30 heavy (non-hydrogen) atoms. The number of aromatic nitrogens is 2. The lowest BCUT2D eigenvalue weighted by molar-refractivity contribution is -0.148. The Morgan fingerprint density at radius 3 is 2.47 bits per heavy atom. The van der Waals surface area contributed by atoms with Gasteiger partial charge in [-0.15, -0.1) is 0 Å². The molecule has 1 aromatic heterocycles. The van der Waals surface area contributed by atoms with Crippen molar-refractivity contribution in [3.05, 3.63) is 23.0 Å². The molecule has 0 spiro atoms. The Morgan fingerprint density at radius 2 is 1.90 bits per heavy atom. The van der Waals surface area contributed by atoms with Crippen molar-refractivity contribution in [3.63, 3.8) is 0 Å². The molecule has 0 aromatic carbocycles. The number of fused-ring (bicyclic) bond motifs is 2. The van der Waals surface area contributed by atoms with E-state index < -0.39 is 23.7 Å². The maximum atomic E-state index is 13.2. The molecule has 164 valence electrons. The molecule has 0 saturated heterocycles. The number of nitrogens with one attached hydrogen (secondary N) is 2. The fraction of sp³-hybridized carbons (Fsp3) is 0.619. The van der Waals surface area contributed by atoms with E-state index in [1.165, 1.54) is 0 Å². The van der Waals surface area contributed by atoms with Crippen LogP contribution >= 0.6 is 0 Å². The summed E-state index contributed by atoms with van der Waals surface area (Å²) in [5.41, 5.74) is 2.62. The van der Waals surface area contributed by atoms with E-state index in [4.69, 9.17) is 4.74 Å². The summed E-state index contributed by atoms with van der Waals surface area (Å²) in [4.78, 5) is 37.8. The van der Waals surface area contributed by atoms with Gasteiger partial charge in [0, 0.05) is 26.4 Å². The van der Waals surface area contributed by atoms with Crippen LogP contribution in [0.4, 0.5) is 5.69 Å². The largest absolute Gasteiger partial charge is 0.481 e. The number of nitrogens with zero attached hydrogens (tertiary/aromatic N) is 2. The van der Waals surface area contributed by atoms with Gasteiger partial charge in [0.1, 0.15) is 0 Å². The maximum absolute atomic E-state index is 13.2. The van der Waals surface area contributed by atoms with Crippen molar-refractivity contribution in [2.45, 2.75) is 40.2 Å². The van der Waals surface area contributed by atoms with Gasteiger partial charge in [0.25, 0.3) is 5.91 Å². The highest BCUT2D eigenvalue weighted by Crippen LogP contribution is 2.57. The third kappa shape index (κ3) is 3.98. The summed E-state index contributed by atoms with van der Waals surface area (Å²) in [6, 6.07) is 0. The number of aliphatic carboxylic acids is 1. The zero-order valence-electron chi connectivity index (χ0n) is 17.9. The predicted molar refractivity (Wildman–Crippen MR) is 110 cm³/mol. The fourth-order valence-electron chi connectivity index (χ4n) is 5.01. The van der Waals surface area contributed by atoms with Gasteiger partial charge >= 0.3 is 5.97 Å². The average molecular weight is 418 g/mol. The lowest BCUT2D eigenvalue weighted by Crippen LogP contribution is -2.38. The Bertz CT molecular complexity index is 871. The number of allylic oxidation sites excluding steroid dienone is 2. The van der Waals surface area contributed by atoms with E-state index in [1.807, 2.05) is 20.8 Å². The van der Waals surface area contributed by atoms with Crippen LogP contribution in [-0.2, 0) is 20.9 Å². The second kappa shape index (κ2) is 8.99. The van der Waals surface area contributed by atoms with E-state index in [-0.39, 0.29) is 23.4 Å². The van der Waals surface area contributed by atoms with E-state index in [2.05, 4.69) is 15.7 Å². The minimum atomic E-state index is -0.942. The van der Waals surface area contributed by atoms with Crippen LogP contribution in [0.1, 0.15) is 44.1 Å². The number of amides is 2. The summed E-state index contributed by atoms with van der Waals surface area (Å²) in [5, 5.41) is 19.6. The molecule has 9 heteroatoms. The van der Waals surface area contributed by atoms with Gasteiger partial charge in [0.05, 0.1) is 24.1 Å². The van der Waals surface area contributed by atoms with E-state index in [0.29, 0.717) is 25.4 Å². The number of hydrogen-bond acceptors (Lipinski definition) is 5. The molecule has 0 aliphatic heterocycles. The van der Waals surface area contributed by atoms with Gasteiger partial charge in [-0.05, 0) is 45.4 Å². The Hall–Kier alpha value is -2.68. The molecule has 2 fully saturated rings. The fourth-order valence-corrected chi connectivity index (χ4v) is 5.01. The van der Waals surface area contributed by atoms with Crippen molar-refractivity contribution in [2.24, 2.45) is 23.7 Å². The monoisotopic (exact) mass is 418 g/mol. The van der Waals surface area contributed by atoms with Crippen LogP contribution < -0.4 is 10.6 Å². The molecule has 0 unspecified atom stereocenters. The summed E-state index contributed by atoms with van der Waals surface area (Å²) in [5.74, 6) is -3.28. The number of methoxy groups -OCH3 is 1. The summed E-state index contributed by atoms with van der Waals surface area (Å²) in [6.45, 7) is 7.05. The second-order valence-corrected chi connectivity index (χ2v) is 8.12. The highest BCUT2D eigenvalue weighted by Gasteiger charge is 2.57. The first-order valence-corrected chi connectivity index (χ1v) is 10.4. The normalized spacial score (nSPS) is 24.7. The minimum absolute atomic E-state index is 0.0682. The molecule has 9 nitrogen and oxygen atoms in total. The molecule has 3 N–H and O–H groups in total. The van der Waals surface area contributed by atoms with Gasteiger partial charge in [0.15, 0.2) is 5.69 Å². The number of carboxylic acid groups (broad SMARTS) is 1. The molecule has 4 atom stereocenters. The van der Waals surface area contributed by atoms with E-state index in [0.717, 1.165) is 24.0 Å².